The lowest BCUT2D eigenvalue weighted by molar-refractivity contribution is 0.0901. The van der Waals surface area contributed by atoms with E-state index in [9.17, 15) is 4.79 Å². The highest BCUT2D eigenvalue weighted by molar-refractivity contribution is 5.92. The topological polar surface area (TPSA) is 82.2 Å². The number of rotatable bonds is 3. The van der Waals surface area contributed by atoms with Crippen molar-refractivity contribution in [2.24, 2.45) is 0 Å². The number of likely N-dealkylation sites (tertiary alicyclic amines) is 1. The van der Waals surface area contributed by atoms with Crippen LogP contribution < -0.4 is 5.32 Å². The maximum Gasteiger partial charge on any atom is 0.290 e. The lowest BCUT2D eigenvalue weighted by Crippen LogP contribution is -2.36. The molecule has 6 nitrogen and oxygen atoms in total. The zero-order valence-corrected chi connectivity index (χ0v) is 13.2. The molecule has 23 heavy (non-hydrogen) atoms. The molecule has 1 aromatic heterocycles. The summed E-state index contributed by atoms with van der Waals surface area (Å²) in [5, 5.41) is 15.7. The Bertz CT molecular complexity index is 775. The molecule has 2 heterocycles. The first kappa shape index (κ1) is 15.1. The van der Waals surface area contributed by atoms with Crippen molar-refractivity contribution in [2.45, 2.75) is 26.3 Å². The Labute approximate surface area is 134 Å². The zero-order valence-electron chi connectivity index (χ0n) is 13.2. The van der Waals surface area contributed by atoms with Crippen molar-refractivity contribution < 1.29 is 9.32 Å². The minimum Gasteiger partial charge on any atom is -0.350 e. The number of aromatic nitrogens is 1. The second-order valence-electron chi connectivity index (χ2n) is 5.88. The van der Waals surface area contributed by atoms with E-state index in [1.807, 2.05) is 32.0 Å². The molecule has 1 aliphatic rings. The highest BCUT2D eigenvalue weighted by Gasteiger charge is 2.25. The van der Waals surface area contributed by atoms with Gasteiger partial charge < -0.3 is 14.7 Å². The Morgan fingerprint density at radius 1 is 1.39 bits per heavy atom. The molecule has 6 heteroatoms. The number of benzene rings is 1. The molecule has 2 aromatic rings. The van der Waals surface area contributed by atoms with E-state index in [1.165, 1.54) is 11.1 Å². The van der Waals surface area contributed by atoms with Crippen molar-refractivity contribution >= 4 is 5.91 Å². The van der Waals surface area contributed by atoms with Gasteiger partial charge in [0.05, 0.1) is 0 Å². The average molecular weight is 310 g/mol. The molecule has 0 radical (unpaired) electrons. The first-order valence-electron chi connectivity index (χ1n) is 7.56. The summed E-state index contributed by atoms with van der Waals surface area (Å²) in [6.45, 7) is 5.30. The number of hydrogen-bond acceptors (Lipinski definition) is 5. The highest BCUT2D eigenvalue weighted by Crippen LogP contribution is 2.22. The maximum atomic E-state index is 12.2. The number of nitrogens with one attached hydrogen (secondary N) is 1. The van der Waals surface area contributed by atoms with Gasteiger partial charge >= 0.3 is 0 Å². The third-order valence-corrected chi connectivity index (χ3v) is 4.20. The third kappa shape index (κ3) is 3.19. The van der Waals surface area contributed by atoms with E-state index >= 15 is 0 Å². The number of nitriles is 1. The van der Waals surface area contributed by atoms with Crippen LogP contribution in [0.1, 0.15) is 28.1 Å². The van der Waals surface area contributed by atoms with Crippen molar-refractivity contribution in [2.75, 3.05) is 13.1 Å². The molecular weight excluding hydrogens is 292 g/mol. The van der Waals surface area contributed by atoms with Crippen LogP contribution in [0.25, 0.3) is 11.3 Å². The predicted molar refractivity (Wildman–Crippen MR) is 84.5 cm³/mol. The van der Waals surface area contributed by atoms with Crippen LogP contribution in [0.5, 0.6) is 0 Å². The van der Waals surface area contributed by atoms with Crippen LogP contribution in [0, 0.1) is 25.3 Å². The minimum atomic E-state index is -0.294. The molecule has 0 bridgehead atoms. The normalized spacial score (nSPS) is 17.1. The largest absolute Gasteiger partial charge is 0.350 e. The second kappa shape index (κ2) is 6.13. The molecule has 0 aliphatic carbocycles. The van der Waals surface area contributed by atoms with Gasteiger partial charge in [-0.15, -0.1) is 0 Å². The molecule has 0 saturated carbocycles. The van der Waals surface area contributed by atoms with Gasteiger partial charge in [-0.2, -0.15) is 5.26 Å². The molecule has 1 aromatic carbocycles. The summed E-state index contributed by atoms with van der Waals surface area (Å²) in [4.78, 5) is 13.8. The Morgan fingerprint density at radius 3 is 2.91 bits per heavy atom. The van der Waals surface area contributed by atoms with Gasteiger partial charge in [0.15, 0.2) is 6.19 Å². The summed E-state index contributed by atoms with van der Waals surface area (Å²) in [6.07, 6.45) is 2.85. The van der Waals surface area contributed by atoms with Gasteiger partial charge in [0.1, 0.15) is 5.69 Å². The molecule has 1 saturated heterocycles. The summed E-state index contributed by atoms with van der Waals surface area (Å²) in [7, 11) is 0. The lowest BCUT2D eigenvalue weighted by atomic mass is 10.0. The summed E-state index contributed by atoms with van der Waals surface area (Å²) < 4.78 is 5.17. The van der Waals surface area contributed by atoms with Crippen LogP contribution in [0.15, 0.2) is 28.8 Å². The molecule has 1 amide bonds. The molecule has 118 valence electrons. The first-order valence-corrected chi connectivity index (χ1v) is 7.56. The van der Waals surface area contributed by atoms with Crippen molar-refractivity contribution in [1.82, 2.24) is 15.4 Å². The van der Waals surface area contributed by atoms with E-state index in [1.54, 1.807) is 11.0 Å². The summed E-state index contributed by atoms with van der Waals surface area (Å²) in [5.41, 5.74) is 3.94. The number of carbonyl (C=O) groups excluding carboxylic acids is 1. The van der Waals surface area contributed by atoms with E-state index in [0.717, 1.165) is 12.0 Å². The van der Waals surface area contributed by atoms with Gasteiger partial charge in [0, 0.05) is 30.8 Å². The first-order chi connectivity index (χ1) is 11.1. The second-order valence-corrected chi connectivity index (χ2v) is 5.88. The summed E-state index contributed by atoms with van der Waals surface area (Å²) in [6, 6.07) is 7.63. The van der Waals surface area contributed by atoms with Crippen LogP contribution >= 0.6 is 0 Å². The minimum absolute atomic E-state index is 0.0303. The van der Waals surface area contributed by atoms with Crippen molar-refractivity contribution in [3.8, 4) is 17.5 Å². The predicted octanol–water partition coefficient (Wildman–Crippen LogP) is 2.24. The van der Waals surface area contributed by atoms with Gasteiger partial charge in [0.25, 0.3) is 5.91 Å². The molecular formula is C17H18N4O2. The maximum absolute atomic E-state index is 12.2. The van der Waals surface area contributed by atoms with Crippen LogP contribution in [-0.2, 0) is 0 Å². The Balaban J connectivity index is 1.70. The summed E-state index contributed by atoms with van der Waals surface area (Å²) >= 11 is 0. The summed E-state index contributed by atoms with van der Waals surface area (Å²) in [5.74, 6) is -0.106. The molecule has 1 fully saturated rings. The fraction of sp³-hybridized carbons (Fsp3) is 0.353. The third-order valence-electron chi connectivity index (χ3n) is 4.20. The molecule has 1 N–H and O–H groups in total. The van der Waals surface area contributed by atoms with Gasteiger partial charge in [-0.3, -0.25) is 4.79 Å². The SMILES string of the molecule is Cc1ccc(-c2cc(C(=O)N[C@H]3CCN(C#N)C3)on2)cc1C. The molecule has 0 spiro atoms. The van der Waals surface area contributed by atoms with Gasteiger partial charge in [-0.25, -0.2) is 0 Å². The van der Waals surface area contributed by atoms with E-state index in [-0.39, 0.29) is 17.7 Å². The van der Waals surface area contributed by atoms with Crippen LogP contribution in [0.4, 0.5) is 0 Å². The number of aryl methyl sites for hydroxylation is 2. The Hall–Kier alpha value is -2.81. The van der Waals surface area contributed by atoms with Crippen molar-refractivity contribution in [1.29, 1.82) is 5.26 Å². The number of amides is 1. The van der Waals surface area contributed by atoms with E-state index in [4.69, 9.17) is 9.78 Å². The molecule has 1 atom stereocenters. The average Bonchev–Trinajstić information content (AvgIpc) is 3.19. The number of hydrogen-bond donors (Lipinski definition) is 1. The van der Waals surface area contributed by atoms with Crippen molar-refractivity contribution in [3.63, 3.8) is 0 Å². The van der Waals surface area contributed by atoms with Crippen LogP contribution in [-0.4, -0.2) is 35.1 Å². The van der Waals surface area contributed by atoms with E-state index in [0.29, 0.717) is 18.8 Å². The smallest absolute Gasteiger partial charge is 0.290 e. The number of carbonyl (C=O) groups is 1. The lowest BCUT2D eigenvalue weighted by Gasteiger charge is -2.10. The van der Waals surface area contributed by atoms with Crippen LogP contribution in [0.3, 0.4) is 0 Å². The van der Waals surface area contributed by atoms with Gasteiger partial charge in [-0.1, -0.05) is 17.3 Å². The fourth-order valence-electron chi connectivity index (χ4n) is 2.64. The Morgan fingerprint density at radius 2 is 2.22 bits per heavy atom. The molecule has 0 unspecified atom stereocenters. The Kier molecular flexibility index (Phi) is 4.02. The molecule has 3 rings (SSSR count). The zero-order chi connectivity index (χ0) is 16.4. The van der Waals surface area contributed by atoms with Crippen molar-refractivity contribution in [3.05, 3.63) is 41.2 Å². The van der Waals surface area contributed by atoms with Gasteiger partial charge in [0.2, 0.25) is 5.76 Å². The quantitative estimate of drug-likeness (QED) is 0.879. The number of nitrogens with zero attached hydrogens (tertiary/aromatic N) is 3. The molecule has 1 aliphatic heterocycles. The standard InChI is InChI=1S/C17H18N4O2/c1-11-3-4-13(7-12(11)2)15-8-16(23-20-15)17(22)19-14-5-6-21(9-14)10-18/h3-4,7-8,14H,5-6,9H2,1-2H3,(H,19,22)/t14-/m0/s1. The van der Waals surface area contributed by atoms with E-state index in [2.05, 4.69) is 16.7 Å². The highest BCUT2D eigenvalue weighted by atomic mass is 16.5. The van der Waals surface area contributed by atoms with Crippen LogP contribution in [0.2, 0.25) is 0 Å². The van der Waals surface area contributed by atoms with Gasteiger partial charge in [-0.05, 0) is 37.5 Å². The van der Waals surface area contributed by atoms with E-state index < -0.39 is 0 Å². The fourth-order valence-corrected chi connectivity index (χ4v) is 2.64. The monoisotopic (exact) mass is 310 g/mol.